The number of aromatic hydroxyl groups is 1. The predicted octanol–water partition coefficient (Wildman–Crippen LogP) is 6.48. The van der Waals surface area contributed by atoms with Crippen LogP contribution < -0.4 is 15.6 Å². The number of fused-ring (bicyclic) bond motifs is 4. The number of H-pyrrole nitrogens is 1. The highest BCUT2D eigenvalue weighted by Crippen LogP contribution is 2.43. The summed E-state index contributed by atoms with van der Waals surface area (Å²) in [5, 5.41) is 37.4. The van der Waals surface area contributed by atoms with Crippen molar-refractivity contribution in [2.75, 3.05) is 45.9 Å². The highest BCUT2D eigenvalue weighted by molar-refractivity contribution is 5.87. The number of aliphatic hydroxyl groups excluding tert-OH is 1. The molecule has 3 aliphatic heterocycles. The lowest BCUT2D eigenvalue weighted by Crippen LogP contribution is -2.65. The van der Waals surface area contributed by atoms with Gasteiger partial charge in [0.1, 0.15) is 29.7 Å². The van der Waals surface area contributed by atoms with Crippen molar-refractivity contribution in [3.8, 4) is 11.5 Å². The van der Waals surface area contributed by atoms with E-state index in [1.165, 1.54) is 50.9 Å². The van der Waals surface area contributed by atoms with Gasteiger partial charge in [0.2, 0.25) is 5.56 Å². The summed E-state index contributed by atoms with van der Waals surface area (Å²) in [5.41, 5.74) is 1.87. The fourth-order valence-electron chi connectivity index (χ4n) is 9.32. The van der Waals surface area contributed by atoms with Crippen LogP contribution in [0.15, 0.2) is 83.7 Å². The largest absolute Gasteiger partial charge is 0.506 e. The van der Waals surface area contributed by atoms with Gasteiger partial charge in [0.25, 0.3) is 0 Å². The number of aromatic amines is 1. The third-order valence-electron chi connectivity index (χ3n) is 12.4. The Morgan fingerprint density at radius 2 is 1.71 bits per heavy atom. The Hall–Kier alpha value is -3.73. The highest BCUT2D eigenvalue weighted by atomic mass is 16.5. The van der Waals surface area contributed by atoms with Gasteiger partial charge in [0, 0.05) is 49.2 Å². The van der Waals surface area contributed by atoms with Crippen molar-refractivity contribution in [1.82, 2.24) is 10.3 Å². The van der Waals surface area contributed by atoms with E-state index in [1.807, 2.05) is 30.3 Å². The number of nitrogens with zero attached hydrogens (tertiary/aromatic N) is 1. The van der Waals surface area contributed by atoms with Crippen molar-refractivity contribution >= 4 is 10.9 Å². The zero-order valence-electron chi connectivity index (χ0n) is 30.5. The average Bonchev–Trinajstić information content (AvgIpc) is 3.74. The first kappa shape index (κ1) is 36.6. The normalized spacial score (nSPS) is 24.1. The zero-order valence-corrected chi connectivity index (χ0v) is 30.5. The van der Waals surface area contributed by atoms with Crippen molar-refractivity contribution in [3.63, 3.8) is 0 Å². The monoisotopic (exact) mass is 710 g/mol. The molecule has 0 spiro atoms. The van der Waals surface area contributed by atoms with Gasteiger partial charge < -0.3 is 39.6 Å². The number of aromatic nitrogens is 1. The Labute approximate surface area is 307 Å². The lowest BCUT2D eigenvalue weighted by atomic mass is 9.80. The first-order valence-corrected chi connectivity index (χ1v) is 19.5. The SMILES string of the molecule is CCC(NC[C@H](O)c1ccc(O)c2[nH]c(=O)ccc12)c1ccc(OCCC[N+]23CCC(CC2)[C@@H](OC[C@@](O)(c2ccccc2)C2CCCC2)C3)cc1. The van der Waals surface area contributed by atoms with E-state index in [4.69, 9.17) is 9.47 Å². The predicted molar refractivity (Wildman–Crippen MR) is 203 cm³/mol. The molecule has 5 N–H and O–H groups in total. The fourth-order valence-corrected chi connectivity index (χ4v) is 9.32. The number of hydrogen-bond acceptors (Lipinski definition) is 7. The average molecular weight is 711 g/mol. The summed E-state index contributed by atoms with van der Waals surface area (Å²) in [6.45, 7) is 7.98. The lowest BCUT2D eigenvalue weighted by Gasteiger charge is -2.53. The summed E-state index contributed by atoms with van der Waals surface area (Å²) in [6.07, 6.45) is 8.08. The van der Waals surface area contributed by atoms with Crippen LogP contribution in [-0.2, 0) is 10.3 Å². The van der Waals surface area contributed by atoms with Gasteiger partial charge >= 0.3 is 0 Å². The van der Waals surface area contributed by atoms with Gasteiger partial charge in [-0.15, -0.1) is 0 Å². The Morgan fingerprint density at radius 1 is 0.962 bits per heavy atom. The van der Waals surface area contributed by atoms with Crippen LogP contribution in [0.25, 0.3) is 10.9 Å². The van der Waals surface area contributed by atoms with Gasteiger partial charge in [-0.1, -0.05) is 68.3 Å². The van der Waals surface area contributed by atoms with Gasteiger partial charge in [0.15, 0.2) is 0 Å². The van der Waals surface area contributed by atoms with Gasteiger partial charge in [-0.2, -0.15) is 0 Å². The summed E-state index contributed by atoms with van der Waals surface area (Å²) < 4.78 is 14.0. The maximum absolute atomic E-state index is 12.1. The molecule has 278 valence electrons. The van der Waals surface area contributed by atoms with Gasteiger partial charge in [-0.05, 0) is 66.1 Å². The summed E-state index contributed by atoms with van der Waals surface area (Å²) in [6, 6.07) is 24.7. The van der Waals surface area contributed by atoms with Crippen LogP contribution in [0, 0.1) is 11.8 Å². The van der Waals surface area contributed by atoms with Crippen LogP contribution in [0.3, 0.4) is 0 Å². The molecule has 1 aromatic heterocycles. The Morgan fingerprint density at radius 3 is 2.44 bits per heavy atom. The minimum absolute atomic E-state index is 0.0211. The third kappa shape index (κ3) is 7.94. The van der Waals surface area contributed by atoms with E-state index in [9.17, 15) is 20.1 Å². The molecule has 2 bridgehead atoms. The molecule has 0 amide bonds. The number of hydrogen-bond donors (Lipinski definition) is 5. The molecule has 3 aromatic carbocycles. The molecule has 4 aromatic rings. The minimum Gasteiger partial charge on any atom is -0.506 e. The van der Waals surface area contributed by atoms with E-state index in [0.717, 1.165) is 60.1 Å². The molecule has 8 rings (SSSR count). The molecule has 1 saturated carbocycles. The number of quaternary nitrogens is 1. The maximum atomic E-state index is 12.1. The molecule has 4 atom stereocenters. The van der Waals surface area contributed by atoms with Gasteiger partial charge in [-0.3, -0.25) is 4.79 Å². The van der Waals surface area contributed by atoms with E-state index < -0.39 is 11.7 Å². The van der Waals surface area contributed by atoms with Crippen molar-refractivity contribution in [1.29, 1.82) is 0 Å². The second-order valence-electron chi connectivity index (χ2n) is 15.6. The van der Waals surface area contributed by atoms with Crippen LogP contribution in [0.1, 0.15) is 87.1 Å². The van der Waals surface area contributed by atoms with E-state index in [2.05, 4.69) is 41.5 Å². The standard InChI is InChI=1S/C43H55N3O6/c1-2-37(44-27-39(48)35-17-19-38(47)42-36(35)18-20-41(49)45-42)30-13-15-34(16-14-30)51-26-8-23-46-24-21-31(22-25-46)40(28-46)52-29-43(50,33-11-6-7-12-33)32-9-4-3-5-10-32/h3-5,9-10,13-20,31,33,37,39-40,44,48,50H,2,6-8,11-12,21-29H2,1H3,(H-,45,47,49)/p+1/t31?,37?,39-,40-,43+,46?/m0/s1. The number of phenols is 1. The van der Waals surface area contributed by atoms with E-state index in [0.29, 0.717) is 42.1 Å². The Balaban J connectivity index is 0.887. The summed E-state index contributed by atoms with van der Waals surface area (Å²) in [7, 11) is 0. The van der Waals surface area contributed by atoms with Crippen molar-refractivity contribution in [2.24, 2.45) is 11.8 Å². The smallest absolute Gasteiger partial charge is 0.248 e. The third-order valence-corrected chi connectivity index (χ3v) is 12.4. The molecule has 52 heavy (non-hydrogen) atoms. The molecular weight excluding hydrogens is 654 g/mol. The maximum Gasteiger partial charge on any atom is 0.248 e. The van der Waals surface area contributed by atoms with Gasteiger partial charge in [0.05, 0.1) is 44.5 Å². The number of pyridine rings is 1. The number of piperidine rings is 3. The van der Waals surface area contributed by atoms with E-state index in [-0.39, 0.29) is 29.4 Å². The molecule has 9 heteroatoms. The second-order valence-corrected chi connectivity index (χ2v) is 15.6. The van der Waals surface area contributed by atoms with Crippen molar-refractivity contribution in [3.05, 3.63) is 106 Å². The molecule has 4 aliphatic rings. The number of aliphatic hydroxyl groups is 2. The van der Waals surface area contributed by atoms with Crippen LogP contribution in [0.4, 0.5) is 0 Å². The molecule has 4 heterocycles. The van der Waals surface area contributed by atoms with E-state index in [1.54, 1.807) is 12.1 Å². The summed E-state index contributed by atoms with van der Waals surface area (Å²) in [5.74, 6) is 1.68. The van der Waals surface area contributed by atoms with Crippen LogP contribution in [0.5, 0.6) is 11.5 Å². The quantitative estimate of drug-likeness (QED) is 0.0667. The van der Waals surface area contributed by atoms with Gasteiger partial charge in [-0.25, -0.2) is 0 Å². The summed E-state index contributed by atoms with van der Waals surface area (Å²) >= 11 is 0. The molecule has 1 unspecified atom stereocenters. The number of benzene rings is 3. The molecule has 9 nitrogen and oxygen atoms in total. The fraction of sp³-hybridized carbons (Fsp3) is 0.512. The molecule has 1 aliphatic carbocycles. The van der Waals surface area contributed by atoms with Crippen molar-refractivity contribution < 1.29 is 29.3 Å². The lowest BCUT2D eigenvalue weighted by molar-refractivity contribution is -0.946. The zero-order chi connectivity index (χ0) is 36.1. The molecular formula is C43H56N3O6+. The number of rotatable bonds is 16. The van der Waals surface area contributed by atoms with Crippen molar-refractivity contribution in [2.45, 2.75) is 82.1 Å². The van der Waals surface area contributed by atoms with Crippen LogP contribution in [0.2, 0.25) is 0 Å². The first-order valence-electron chi connectivity index (χ1n) is 19.5. The highest BCUT2D eigenvalue weighted by Gasteiger charge is 2.48. The molecule has 4 fully saturated rings. The van der Waals surface area contributed by atoms with Crippen LogP contribution in [-0.4, -0.2) is 76.8 Å². The number of ether oxygens (including phenoxy) is 2. The first-order chi connectivity index (χ1) is 25.3. The molecule has 0 radical (unpaired) electrons. The Kier molecular flexibility index (Phi) is 11.3. The number of phenolic OH excluding ortho intramolecular Hbond substituents is 1. The van der Waals surface area contributed by atoms with Crippen LogP contribution >= 0.6 is 0 Å². The topological polar surface area (TPSA) is 124 Å². The molecule has 3 saturated heterocycles. The second kappa shape index (κ2) is 16.1. The summed E-state index contributed by atoms with van der Waals surface area (Å²) in [4.78, 5) is 14.4. The minimum atomic E-state index is -0.918. The van der Waals surface area contributed by atoms with E-state index >= 15 is 0 Å². The number of nitrogens with one attached hydrogen (secondary N) is 2. The Bertz CT molecular complexity index is 1820.